The summed E-state index contributed by atoms with van der Waals surface area (Å²) in [5.41, 5.74) is 0.652. The highest BCUT2D eigenvalue weighted by atomic mass is 35.7. The minimum Gasteiger partial charge on any atom is -0.486 e. The number of nitrogens with zero attached hydrogens (tertiary/aromatic N) is 1. The molecule has 0 saturated carbocycles. The Balaban J connectivity index is 2.13. The second-order valence-corrected chi connectivity index (χ2v) is 6.96. The van der Waals surface area contributed by atoms with Crippen LogP contribution in [0.25, 0.3) is 0 Å². The van der Waals surface area contributed by atoms with Crippen molar-refractivity contribution in [3.8, 4) is 11.6 Å². The molecule has 0 aliphatic carbocycles. The molecule has 0 bridgehead atoms. The third kappa shape index (κ3) is 4.23. The van der Waals surface area contributed by atoms with Gasteiger partial charge in [0.05, 0.1) is 22.7 Å². The smallest absolute Gasteiger partial charge is 0.261 e. The van der Waals surface area contributed by atoms with Gasteiger partial charge < -0.3 is 9.47 Å². The molecule has 0 N–H and O–H groups in total. The van der Waals surface area contributed by atoms with Crippen LogP contribution in [0.2, 0.25) is 5.02 Å². The molecule has 0 radical (unpaired) electrons. The van der Waals surface area contributed by atoms with Crippen molar-refractivity contribution < 1.29 is 17.9 Å². The first-order chi connectivity index (χ1) is 9.90. The highest BCUT2D eigenvalue weighted by Gasteiger charge is 2.13. The minimum atomic E-state index is -3.81. The van der Waals surface area contributed by atoms with Crippen LogP contribution in [0.5, 0.6) is 11.6 Å². The van der Waals surface area contributed by atoms with Gasteiger partial charge in [0.15, 0.2) is 0 Å². The number of hydrogen-bond donors (Lipinski definition) is 0. The van der Waals surface area contributed by atoms with E-state index in [9.17, 15) is 8.42 Å². The molecule has 0 amide bonds. The zero-order valence-electron chi connectivity index (χ0n) is 10.9. The van der Waals surface area contributed by atoms with Gasteiger partial charge in [0.1, 0.15) is 12.4 Å². The Morgan fingerprint density at radius 1 is 1.24 bits per heavy atom. The summed E-state index contributed by atoms with van der Waals surface area (Å²) in [5.74, 6) is 0.816. The number of aromatic nitrogens is 1. The first-order valence-electron chi connectivity index (χ1n) is 5.77. The molecule has 1 aromatic carbocycles. The normalized spacial score (nSPS) is 11.2. The molecule has 0 fully saturated rings. The number of rotatable bonds is 5. The Bertz CT molecular complexity index is 750. The van der Waals surface area contributed by atoms with Crippen LogP contribution in [0.1, 0.15) is 5.69 Å². The predicted octanol–water partition coefficient (Wildman–Crippen LogP) is 3.25. The third-order valence-corrected chi connectivity index (χ3v) is 4.20. The van der Waals surface area contributed by atoms with Crippen LogP contribution in [0, 0.1) is 0 Å². The fourth-order valence-corrected chi connectivity index (χ4v) is 2.63. The van der Waals surface area contributed by atoms with Crippen LogP contribution in [-0.2, 0) is 15.7 Å². The van der Waals surface area contributed by atoms with Gasteiger partial charge in [-0.3, -0.25) is 0 Å². The number of methoxy groups -OCH3 is 1. The van der Waals surface area contributed by atoms with Gasteiger partial charge in [0.25, 0.3) is 9.05 Å². The van der Waals surface area contributed by atoms with Gasteiger partial charge in [-0.2, -0.15) is 0 Å². The molecule has 5 nitrogen and oxygen atoms in total. The lowest BCUT2D eigenvalue weighted by Gasteiger charge is -2.09. The number of ether oxygens (including phenoxy) is 2. The minimum absolute atomic E-state index is 0.0824. The predicted molar refractivity (Wildman–Crippen MR) is 79.6 cm³/mol. The number of hydrogen-bond acceptors (Lipinski definition) is 5. The lowest BCUT2D eigenvalue weighted by molar-refractivity contribution is 0.298. The van der Waals surface area contributed by atoms with E-state index in [2.05, 4.69) is 4.98 Å². The van der Waals surface area contributed by atoms with Crippen molar-refractivity contribution in [2.45, 2.75) is 11.5 Å². The third-order valence-electron chi connectivity index (χ3n) is 2.55. The van der Waals surface area contributed by atoms with E-state index in [1.54, 1.807) is 18.2 Å². The van der Waals surface area contributed by atoms with Crippen molar-refractivity contribution in [3.05, 3.63) is 47.1 Å². The number of halogens is 2. The van der Waals surface area contributed by atoms with Gasteiger partial charge in [0, 0.05) is 16.7 Å². The van der Waals surface area contributed by atoms with E-state index in [-0.39, 0.29) is 16.5 Å². The summed E-state index contributed by atoms with van der Waals surface area (Å²) in [5, 5.41) is 0.152. The Kier molecular flexibility index (Phi) is 4.92. The van der Waals surface area contributed by atoms with Crippen molar-refractivity contribution in [1.29, 1.82) is 0 Å². The molecule has 0 spiro atoms. The van der Waals surface area contributed by atoms with Crippen molar-refractivity contribution in [2.24, 2.45) is 0 Å². The summed E-state index contributed by atoms with van der Waals surface area (Å²) in [6.45, 7) is 0.171. The maximum atomic E-state index is 11.2. The fourth-order valence-electron chi connectivity index (χ4n) is 1.55. The monoisotopic (exact) mass is 347 g/mol. The fraction of sp³-hybridized carbons (Fsp3) is 0.154. The average molecular weight is 348 g/mol. The summed E-state index contributed by atoms with van der Waals surface area (Å²) in [4.78, 5) is 4.10. The summed E-state index contributed by atoms with van der Waals surface area (Å²) in [6.07, 6.45) is 0. The molecular formula is C13H11Cl2NO4S. The van der Waals surface area contributed by atoms with Crippen molar-refractivity contribution in [3.63, 3.8) is 0 Å². The van der Waals surface area contributed by atoms with E-state index in [0.717, 1.165) is 0 Å². The van der Waals surface area contributed by atoms with Gasteiger partial charge in [-0.15, -0.1) is 0 Å². The van der Waals surface area contributed by atoms with Gasteiger partial charge in [0.2, 0.25) is 5.88 Å². The molecule has 1 heterocycles. The zero-order valence-corrected chi connectivity index (χ0v) is 13.2. The summed E-state index contributed by atoms with van der Waals surface area (Å²) < 4.78 is 32.9. The molecule has 1 aromatic heterocycles. The Labute approximate surface area is 131 Å². The topological polar surface area (TPSA) is 65.5 Å². The van der Waals surface area contributed by atoms with E-state index in [1.165, 1.54) is 25.3 Å². The molecule has 0 atom stereocenters. The average Bonchev–Trinajstić information content (AvgIpc) is 2.45. The van der Waals surface area contributed by atoms with Crippen molar-refractivity contribution in [1.82, 2.24) is 4.98 Å². The van der Waals surface area contributed by atoms with Gasteiger partial charge in [-0.05, 0) is 24.3 Å². The SMILES string of the molecule is COc1cccc(COc2ccc(S(=O)(=O)Cl)cc2Cl)n1. The standard InChI is InChI=1S/C13H11Cl2NO4S/c1-19-13-4-2-3-9(16-13)8-20-12-6-5-10(7-11(12)14)21(15,17)18/h2-7H,8H2,1H3. The summed E-state index contributed by atoms with van der Waals surface area (Å²) in [7, 11) is 2.95. The second-order valence-electron chi connectivity index (χ2n) is 3.99. The maximum Gasteiger partial charge on any atom is 0.261 e. The Morgan fingerprint density at radius 2 is 2.00 bits per heavy atom. The molecule has 0 saturated heterocycles. The van der Waals surface area contributed by atoms with Gasteiger partial charge in [-0.1, -0.05) is 17.7 Å². The van der Waals surface area contributed by atoms with Crippen LogP contribution in [0.4, 0.5) is 0 Å². The molecule has 112 valence electrons. The zero-order chi connectivity index (χ0) is 15.5. The molecule has 0 aliphatic rings. The number of benzene rings is 1. The van der Waals surface area contributed by atoms with E-state index in [4.69, 9.17) is 31.8 Å². The van der Waals surface area contributed by atoms with E-state index >= 15 is 0 Å². The molecule has 8 heteroatoms. The highest BCUT2D eigenvalue weighted by Crippen LogP contribution is 2.29. The molecular weight excluding hydrogens is 337 g/mol. The van der Waals surface area contributed by atoms with Crippen LogP contribution >= 0.6 is 22.3 Å². The van der Waals surface area contributed by atoms with Gasteiger partial charge in [-0.25, -0.2) is 13.4 Å². The summed E-state index contributed by atoms with van der Waals surface area (Å²) in [6, 6.07) is 9.28. The van der Waals surface area contributed by atoms with Crippen molar-refractivity contribution in [2.75, 3.05) is 7.11 Å². The molecule has 21 heavy (non-hydrogen) atoms. The Morgan fingerprint density at radius 3 is 2.62 bits per heavy atom. The highest BCUT2D eigenvalue weighted by molar-refractivity contribution is 8.13. The number of pyridine rings is 1. The van der Waals surface area contributed by atoms with Crippen LogP contribution in [-0.4, -0.2) is 20.5 Å². The second kappa shape index (κ2) is 6.51. The summed E-state index contributed by atoms with van der Waals surface area (Å²) >= 11 is 5.97. The molecule has 0 aliphatic heterocycles. The maximum absolute atomic E-state index is 11.2. The lowest BCUT2D eigenvalue weighted by Crippen LogP contribution is -2.00. The van der Waals surface area contributed by atoms with Gasteiger partial charge >= 0.3 is 0 Å². The van der Waals surface area contributed by atoms with Crippen LogP contribution in [0.3, 0.4) is 0 Å². The van der Waals surface area contributed by atoms with E-state index in [1.807, 2.05) is 0 Å². The van der Waals surface area contributed by atoms with Crippen LogP contribution < -0.4 is 9.47 Å². The quantitative estimate of drug-likeness (QED) is 0.776. The molecule has 0 unspecified atom stereocenters. The van der Waals surface area contributed by atoms with E-state index in [0.29, 0.717) is 17.3 Å². The largest absolute Gasteiger partial charge is 0.486 e. The Hall–Kier alpha value is -1.50. The van der Waals surface area contributed by atoms with Crippen LogP contribution in [0.15, 0.2) is 41.3 Å². The van der Waals surface area contributed by atoms with Crippen molar-refractivity contribution >= 4 is 31.3 Å². The lowest BCUT2D eigenvalue weighted by atomic mass is 10.3. The first-order valence-corrected chi connectivity index (χ1v) is 8.46. The molecule has 2 rings (SSSR count). The molecule has 2 aromatic rings. The first kappa shape index (κ1) is 15.9. The van der Waals surface area contributed by atoms with E-state index < -0.39 is 9.05 Å².